The molecule has 0 unspecified atom stereocenters. The van der Waals surface area contributed by atoms with E-state index in [0.29, 0.717) is 22.5 Å². The maximum Gasteiger partial charge on any atom is 0.262 e. The van der Waals surface area contributed by atoms with Crippen LogP contribution in [-0.4, -0.2) is 21.5 Å². The third kappa shape index (κ3) is 3.69. The molecule has 0 aliphatic rings. The third-order valence-corrected chi connectivity index (χ3v) is 5.10. The lowest BCUT2D eigenvalue weighted by Crippen LogP contribution is -2.14. The van der Waals surface area contributed by atoms with Crippen LogP contribution in [0.15, 0.2) is 42.5 Å². The highest BCUT2D eigenvalue weighted by Crippen LogP contribution is 2.36. The van der Waals surface area contributed by atoms with Crippen LogP contribution in [0.2, 0.25) is 5.02 Å². The van der Waals surface area contributed by atoms with Crippen molar-refractivity contribution in [3.05, 3.63) is 64.3 Å². The van der Waals surface area contributed by atoms with Crippen LogP contribution in [0.25, 0.3) is 10.9 Å². The average Bonchev–Trinajstić information content (AvgIpc) is 2.90. The van der Waals surface area contributed by atoms with E-state index in [1.807, 2.05) is 13.8 Å². The molecule has 0 bridgehead atoms. The largest absolute Gasteiger partial charge is 0.508 e. The number of rotatable bonds is 5. The first-order valence-corrected chi connectivity index (χ1v) is 9.10. The summed E-state index contributed by atoms with van der Waals surface area (Å²) in [6.45, 7) is 3.87. The molecule has 140 valence electrons. The maximum absolute atomic E-state index is 13.2. The summed E-state index contributed by atoms with van der Waals surface area (Å²) in [5.74, 6) is -0.403. The van der Waals surface area contributed by atoms with E-state index in [2.05, 4.69) is 0 Å². The third-order valence-electron chi connectivity index (χ3n) is 4.85. The van der Waals surface area contributed by atoms with Crippen molar-refractivity contribution in [1.29, 1.82) is 0 Å². The first-order chi connectivity index (χ1) is 12.8. The molecule has 1 atom stereocenters. The number of carbonyl (C=O) groups excluding carboxylic acids is 2. The van der Waals surface area contributed by atoms with Crippen LogP contribution < -0.4 is 5.73 Å². The number of nitrogens with zero attached hydrogens (tertiary/aromatic N) is 1. The Morgan fingerprint density at radius 1 is 1.19 bits per heavy atom. The SMILES string of the molecule is Cc1c([C@@H](C)CCC(N)=O)c2cc(O)ccc2n1C(=O)c1ccc(Cl)cc1. The quantitative estimate of drug-likeness (QED) is 0.685. The number of hydrogen-bond acceptors (Lipinski definition) is 3. The number of aromatic hydroxyl groups is 1. The first-order valence-electron chi connectivity index (χ1n) is 8.72. The molecule has 1 amide bonds. The van der Waals surface area contributed by atoms with Gasteiger partial charge in [-0.1, -0.05) is 18.5 Å². The molecular weight excluding hydrogens is 364 g/mol. The van der Waals surface area contributed by atoms with Crippen molar-refractivity contribution in [3.8, 4) is 5.75 Å². The molecule has 3 aromatic rings. The Labute approximate surface area is 162 Å². The number of halogens is 1. The van der Waals surface area contributed by atoms with Crippen molar-refractivity contribution in [3.63, 3.8) is 0 Å². The van der Waals surface area contributed by atoms with Crippen molar-refractivity contribution >= 4 is 34.3 Å². The Hall–Kier alpha value is -2.79. The molecule has 0 saturated carbocycles. The van der Waals surface area contributed by atoms with Gasteiger partial charge in [-0.3, -0.25) is 14.2 Å². The van der Waals surface area contributed by atoms with Gasteiger partial charge in [-0.25, -0.2) is 0 Å². The van der Waals surface area contributed by atoms with Crippen LogP contribution in [-0.2, 0) is 4.79 Å². The molecule has 0 fully saturated rings. The number of phenolic OH excluding ortho intramolecular Hbond substituents is 1. The van der Waals surface area contributed by atoms with Crippen LogP contribution >= 0.6 is 11.6 Å². The predicted molar refractivity (Wildman–Crippen MR) is 106 cm³/mol. The van der Waals surface area contributed by atoms with Crippen LogP contribution in [0.4, 0.5) is 0 Å². The van der Waals surface area contributed by atoms with Crippen molar-refractivity contribution in [2.75, 3.05) is 0 Å². The predicted octanol–water partition coefficient (Wildman–Crippen LogP) is 4.37. The van der Waals surface area contributed by atoms with E-state index >= 15 is 0 Å². The summed E-state index contributed by atoms with van der Waals surface area (Å²) < 4.78 is 1.65. The van der Waals surface area contributed by atoms with Gasteiger partial charge in [0.25, 0.3) is 5.91 Å². The Morgan fingerprint density at radius 3 is 2.48 bits per heavy atom. The summed E-state index contributed by atoms with van der Waals surface area (Å²) in [4.78, 5) is 24.3. The Kier molecular flexibility index (Phi) is 5.24. The number of hydrogen-bond donors (Lipinski definition) is 2. The highest BCUT2D eigenvalue weighted by Gasteiger charge is 2.23. The number of carbonyl (C=O) groups is 2. The van der Waals surface area contributed by atoms with Crippen LogP contribution in [0.3, 0.4) is 0 Å². The minimum Gasteiger partial charge on any atom is -0.508 e. The number of amides is 1. The van der Waals surface area contributed by atoms with E-state index in [1.54, 1.807) is 47.0 Å². The van der Waals surface area contributed by atoms with Gasteiger partial charge in [0, 0.05) is 28.1 Å². The minimum absolute atomic E-state index is 0.000989. The zero-order valence-electron chi connectivity index (χ0n) is 15.2. The van der Waals surface area contributed by atoms with Gasteiger partial charge in [-0.15, -0.1) is 0 Å². The lowest BCUT2D eigenvalue weighted by atomic mass is 9.93. The number of aromatic nitrogens is 1. The standard InChI is InChI=1S/C21H21ClN2O3/c1-12(3-10-19(23)26)20-13(2)24(18-9-8-16(25)11-17(18)20)21(27)14-4-6-15(22)7-5-14/h4-9,11-12,25H,3,10H2,1-2H3,(H2,23,26)/t12-/m0/s1. The van der Waals surface area contributed by atoms with E-state index in [4.69, 9.17) is 17.3 Å². The molecule has 27 heavy (non-hydrogen) atoms. The van der Waals surface area contributed by atoms with E-state index in [9.17, 15) is 14.7 Å². The monoisotopic (exact) mass is 384 g/mol. The molecular formula is C21H21ClN2O3. The maximum atomic E-state index is 13.2. The van der Waals surface area contributed by atoms with Crippen molar-refractivity contribution in [1.82, 2.24) is 4.57 Å². The van der Waals surface area contributed by atoms with Crippen molar-refractivity contribution in [2.24, 2.45) is 5.73 Å². The van der Waals surface area contributed by atoms with Gasteiger partial charge >= 0.3 is 0 Å². The number of nitrogens with two attached hydrogens (primary N) is 1. The lowest BCUT2D eigenvalue weighted by molar-refractivity contribution is -0.118. The Balaban J connectivity index is 2.15. The van der Waals surface area contributed by atoms with E-state index in [0.717, 1.165) is 16.6 Å². The summed E-state index contributed by atoms with van der Waals surface area (Å²) in [5.41, 5.74) is 8.24. The number of primary amides is 1. The normalized spacial score (nSPS) is 12.3. The number of benzene rings is 2. The Morgan fingerprint density at radius 2 is 1.85 bits per heavy atom. The lowest BCUT2D eigenvalue weighted by Gasteiger charge is -2.12. The molecule has 0 aliphatic heterocycles. The highest BCUT2D eigenvalue weighted by atomic mass is 35.5. The summed E-state index contributed by atoms with van der Waals surface area (Å²) in [5, 5.41) is 11.3. The Bertz CT molecular complexity index is 1020. The zero-order chi connectivity index (χ0) is 19.7. The molecule has 1 heterocycles. The topological polar surface area (TPSA) is 85.3 Å². The summed E-state index contributed by atoms with van der Waals surface area (Å²) in [7, 11) is 0. The van der Waals surface area contributed by atoms with Crippen LogP contribution in [0.1, 0.15) is 47.3 Å². The second-order valence-corrected chi connectivity index (χ2v) is 7.19. The first kappa shape index (κ1) is 19.0. The van der Waals surface area contributed by atoms with E-state index < -0.39 is 0 Å². The fourth-order valence-corrected chi connectivity index (χ4v) is 3.67. The van der Waals surface area contributed by atoms with E-state index in [1.165, 1.54) is 0 Å². The van der Waals surface area contributed by atoms with Crippen molar-refractivity contribution in [2.45, 2.75) is 32.6 Å². The molecule has 0 spiro atoms. The molecule has 0 aliphatic carbocycles. The minimum atomic E-state index is -0.358. The fraction of sp³-hybridized carbons (Fsp3) is 0.238. The van der Waals surface area contributed by atoms with Gasteiger partial charge in [0.1, 0.15) is 5.75 Å². The van der Waals surface area contributed by atoms with Crippen LogP contribution in [0.5, 0.6) is 5.75 Å². The molecule has 0 saturated heterocycles. The molecule has 2 aromatic carbocycles. The molecule has 3 N–H and O–H groups in total. The zero-order valence-corrected chi connectivity index (χ0v) is 16.0. The highest BCUT2D eigenvalue weighted by molar-refractivity contribution is 6.30. The van der Waals surface area contributed by atoms with Gasteiger partial charge in [-0.2, -0.15) is 0 Å². The van der Waals surface area contributed by atoms with Gasteiger partial charge in [0.2, 0.25) is 5.91 Å². The molecule has 6 heteroatoms. The second kappa shape index (κ2) is 7.45. The van der Waals surface area contributed by atoms with Gasteiger partial charge in [0.05, 0.1) is 5.52 Å². The van der Waals surface area contributed by atoms with Crippen LogP contribution in [0, 0.1) is 6.92 Å². The van der Waals surface area contributed by atoms with Gasteiger partial charge < -0.3 is 10.8 Å². The van der Waals surface area contributed by atoms with Gasteiger partial charge in [0.15, 0.2) is 0 Å². The summed E-state index contributed by atoms with van der Waals surface area (Å²) in [6, 6.07) is 11.7. The molecule has 3 rings (SSSR count). The fourth-order valence-electron chi connectivity index (χ4n) is 3.54. The summed E-state index contributed by atoms with van der Waals surface area (Å²) in [6.07, 6.45) is 0.831. The number of phenols is 1. The molecule has 5 nitrogen and oxygen atoms in total. The molecule has 0 radical (unpaired) electrons. The average molecular weight is 385 g/mol. The number of fused-ring (bicyclic) bond motifs is 1. The van der Waals surface area contributed by atoms with Crippen molar-refractivity contribution < 1.29 is 14.7 Å². The summed E-state index contributed by atoms with van der Waals surface area (Å²) >= 11 is 5.93. The smallest absolute Gasteiger partial charge is 0.262 e. The van der Waals surface area contributed by atoms with E-state index in [-0.39, 0.29) is 29.9 Å². The van der Waals surface area contributed by atoms with Gasteiger partial charge in [-0.05, 0) is 67.3 Å². The molecule has 1 aromatic heterocycles. The second-order valence-electron chi connectivity index (χ2n) is 6.75.